The van der Waals surface area contributed by atoms with E-state index in [1.807, 2.05) is 0 Å². The molecule has 1 saturated heterocycles. The molecule has 18 heavy (non-hydrogen) atoms. The van der Waals surface area contributed by atoms with Gasteiger partial charge in [-0.05, 0) is 39.3 Å². The third kappa shape index (κ3) is 4.62. The van der Waals surface area contributed by atoms with E-state index >= 15 is 0 Å². The molecule has 0 bridgehead atoms. The number of carbonyl (C=O) groups is 2. The van der Waals surface area contributed by atoms with Gasteiger partial charge in [0.1, 0.15) is 0 Å². The number of nitrogens with two attached hydrogens (primary N) is 1. The molecule has 1 amide bonds. The summed E-state index contributed by atoms with van der Waals surface area (Å²) in [6, 6.07) is -1.22. The van der Waals surface area contributed by atoms with Crippen molar-refractivity contribution in [3.05, 3.63) is 0 Å². The van der Waals surface area contributed by atoms with Crippen LogP contribution in [0.3, 0.4) is 0 Å². The number of nitrogens with one attached hydrogen (secondary N) is 1. The maximum Gasteiger partial charge on any atom is 0.332 e. The first-order valence-electron chi connectivity index (χ1n) is 6.43. The molecule has 0 aromatic rings. The fraction of sp³-hybridized carbons (Fsp3) is 0.833. The molecule has 1 rings (SSSR count). The number of carbonyl (C=O) groups excluding carboxylic acids is 2. The summed E-state index contributed by atoms with van der Waals surface area (Å²) in [6.45, 7) is 4.55. The summed E-state index contributed by atoms with van der Waals surface area (Å²) in [4.78, 5) is 25.1. The summed E-state index contributed by atoms with van der Waals surface area (Å²) in [5.74, 6) is -0.695. The van der Waals surface area contributed by atoms with Gasteiger partial charge in [0.2, 0.25) is 5.91 Å². The van der Waals surface area contributed by atoms with E-state index in [1.54, 1.807) is 6.92 Å². The Morgan fingerprint density at radius 1 is 1.56 bits per heavy atom. The number of hydrogen-bond donors (Lipinski definition) is 2. The molecule has 104 valence electrons. The summed E-state index contributed by atoms with van der Waals surface area (Å²) < 4.78 is 4.70. The number of piperidine rings is 1. The summed E-state index contributed by atoms with van der Waals surface area (Å²) in [5, 5.41) is 2.72. The summed E-state index contributed by atoms with van der Waals surface area (Å²) in [5.41, 5.74) is 5.49. The number of rotatable bonds is 5. The lowest BCUT2D eigenvalue weighted by Crippen LogP contribution is -2.49. The van der Waals surface area contributed by atoms with E-state index in [0.29, 0.717) is 12.5 Å². The standard InChI is InChI=1S/C12H23N3O3/c1-3-18-12(17)10(13)11(16)14-7-9-5-4-6-15(2)8-9/h9-10H,3-8,13H2,1-2H3,(H,14,16). The Labute approximate surface area is 108 Å². The second-order valence-corrected chi connectivity index (χ2v) is 4.75. The van der Waals surface area contributed by atoms with Gasteiger partial charge in [0.15, 0.2) is 6.04 Å². The molecule has 0 aromatic carbocycles. The molecule has 0 aromatic heterocycles. The normalized spacial score (nSPS) is 22.3. The first kappa shape index (κ1) is 14.9. The molecular formula is C12H23N3O3. The van der Waals surface area contributed by atoms with Crippen LogP contribution in [0, 0.1) is 5.92 Å². The minimum atomic E-state index is -1.22. The Morgan fingerprint density at radius 3 is 2.89 bits per heavy atom. The Kier molecular flexibility index (Phi) is 6.07. The van der Waals surface area contributed by atoms with Crippen molar-refractivity contribution >= 4 is 11.9 Å². The van der Waals surface area contributed by atoms with Crippen molar-refractivity contribution < 1.29 is 14.3 Å². The molecule has 1 aliphatic heterocycles. The number of ether oxygens (including phenoxy) is 1. The average molecular weight is 257 g/mol. The molecule has 2 atom stereocenters. The first-order valence-corrected chi connectivity index (χ1v) is 6.43. The first-order chi connectivity index (χ1) is 8.54. The fourth-order valence-electron chi connectivity index (χ4n) is 2.13. The fourth-order valence-corrected chi connectivity index (χ4v) is 2.13. The van der Waals surface area contributed by atoms with Crippen molar-refractivity contribution in [3.8, 4) is 0 Å². The quantitative estimate of drug-likeness (QED) is 0.504. The van der Waals surface area contributed by atoms with Crippen molar-refractivity contribution in [1.82, 2.24) is 10.2 Å². The zero-order valence-electron chi connectivity index (χ0n) is 11.1. The van der Waals surface area contributed by atoms with Crippen molar-refractivity contribution in [2.45, 2.75) is 25.8 Å². The van der Waals surface area contributed by atoms with Crippen LogP contribution in [0.25, 0.3) is 0 Å². The van der Waals surface area contributed by atoms with Crippen LogP contribution in [-0.4, -0.2) is 56.1 Å². The minimum Gasteiger partial charge on any atom is -0.464 e. The van der Waals surface area contributed by atoms with E-state index < -0.39 is 17.9 Å². The Morgan fingerprint density at radius 2 is 2.28 bits per heavy atom. The highest BCUT2D eigenvalue weighted by atomic mass is 16.5. The summed E-state index contributed by atoms with van der Waals surface area (Å²) in [7, 11) is 2.07. The summed E-state index contributed by atoms with van der Waals surface area (Å²) >= 11 is 0. The van der Waals surface area contributed by atoms with E-state index in [2.05, 4.69) is 17.3 Å². The second-order valence-electron chi connectivity index (χ2n) is 4.75. The van der Waals surface area contributed by atoms with Crippen LogP contribution in [-0.2, 0) is 14.3 Å². The SMILES string of the molecule is CCOC(=O)C(N)C(=O)NCC1CCCN(C)C1. The van der Waals surface area contributed by atoms with Crippen molar-refractivity contribution in [2.75, 3.05) is 33.3 Å². The Bertz CT molecular complexity index is 296. The van der Waals surface area contributed by atoms with Crippen LogP contribution in [0.5, 0.6) is 0 Å². The predicted molar refractivity (Wildman–Crippen MR) is 67.8 cm³/mol. The maximum absolute atomic E-state index is 11.6. The lowest BCUT2D eigenvalue weighted by Gasteiger charge is -2.29. The van der Waals surface area contributed by atoms with Crippen LogP contribution in [0.1, 0.15) is 19.8 Å². The van der Waals surface area contributed by atoms with E-state index in [-0.39, 0.29) is 6.61 Å². The van der Waals surface area contributed by atoms with E-state index in [1.165, 1.54) is 0 Å². The third-order valence-electron chi connectivity index (χ3n) is 3.11. The number of nitrogens with zero attached hydrogens (tertiary/aromatic N) is 1. The molecule has 6 nitrogen and oxygen atoms in total. The largest absolute Gasteiger partial charge is 0.464 e. The van der Waals surface area contributed by atoms with E-state index in [4.69, 9.17) is 10.5 Å². The third-order valence-corrected chi connectivity index (χ3v) is 3.11. The van der Waals surface area contributed by atoms with Crippen LogP contribution in [0.2, 0.25) is 0 Å². The molecule has 1 heterocycles. The molecule has 0 aliphatic carbocycles. The highest BCUT2D eigenvalue weighted by Crippen LogP contribution is 2.13. The molecule has 1 fully saturated rings. The second kappa shape index (κ2) is 7.33. The molecule has 0 saturated carbocycles. The van der Waals surface area contributed by atoms with Crippen LogP contribution in [0.15, 0.2) is 0 Å². The van der Waals surface area contributed by atoms with Gasteiger partial charge in [-0.2, -0.15) is 0 Å². The summed E-state index contributed by atoms with van der Waals surface area (Å²) in [6.07, 6.45) is 2.24. The van der Waals surface area contributed by atoms with Gasteiger partial charge in [0.25, 0.3) is 0 Å². The predicted octanol–water partition coefficient (Wildman–Crippen LogP) is -0.665. The molecule has 6 heteroatoms. The molecular weight excluding hydrogens is 234 g/mol. The lowest BCUT2D eigenvalue weighted by atomic mass is 9.98. The smallest absolute Gasteiger partial charge is 0.332 e. The van der Waals surface area contributed by atoms with Crippen LogP contribution < -0.4 is 11.1 Å². The molecule has 0 radical (unpaired) electrons. The average Bonchev–Trinajstić information content (AvgIpc) is 2.35. The molecule has 3 N–H and O–H groups in total. The zero-order valence-corrected chi connectivity index (χ0v) is 11.1. The van der Waals surface area contributed by atoms with Crippen LogP contribution in [0.4, 0.5) is 0 Å². The number of esters is 1. The molecule has 1 aliphatic rings. The lowest BCUT2D eigenvalue weighted by molar-refractivity contribution is -0.148. The highest BCUT2D eigenvalue weighted by Gasteiger charge is 2.24. The topological polar surface area (TPSA) is 84.7 Å². The van der Waals surface area contributed by atoms with E-state index in [0.717, 1.165) is 25.9 Å². The van der Waals surface area contributed by atoms with Gasteiger partial charge in [-0.1, -0.05) is 0 Å². The highest BCUT2D eigenvalue weighted by molar-refractivity contribution is 6.01. The maximum atomic E-state index is 11.6. The van der Waals surface area contributed by atoms with Crippen molar-refractivity contribution in [1.29, 1.82) is 0 Å². The zero-order chi connectivity index (χ0) is 13.5. The number of likely N-dealkylation sites (tertiary alicyclic amines) is 1. The van der Waals surface area contributed by atoms with Gasteiger partial charge in [-0.15, -0.1) is 0 Å². The monoisotopic (exact) mass is 257 g/mol. The van der Waals surface area contributed by atoms with Gasteiger partial charge >= 0.3 is 5.97 Å². The Hall–Kier alpha value is -1.14. The number of amides is 1. The van der Waals surface area contributed by atoms with Gasteiger partial charge < -0.3 is 20.7 Å². The van der Waals surface area contributed by atoms with Gasteiger partial charge in [0.05, 0.1) is 6.61 Å². The minimum absolute atomic E-state index is 0.229. The van der Waals surface area contributed by atoms with E-state index in [9.17, 15) is 9.59 Å². The Balaban J connectivity index is 2.29. The van der Waals surface area contributed by atoms with Crippen molar-refractivity contribution in [2.24, 2.45) is 11.7 Å². The van der Waals surface area contributed by atoms with Crippen LogP contribution >= 0.6 is 0 Å². The van der Waals surface area contributed by atoms with Gasteiger partial charge in [-0.25, -0.2) is 4.79 Å². The van der Waals surface area contributed by atoms with Gasteiger partial charge in [-0.3, -0.25) is 4.79 Å². The molecule has 2 unspecified atom stereocenters. The van der Waals surface area contributed by atoms with Gasteiger partial charge in [0, 0.05) is 13.1 Å². The molecule has 0 spiro atoms. The number of hydrogen-bond acceptors (Lipinski definition) is 5. The van der Waals surface area contributed by atoms with Crippen molar-refractivity contribution in [3.63, 3.8) is 0 Å².